The van der Waals surface area contributed by atoms with Gasteiger partial charge in [-0.3, -0.25) is 0 Å². The van der Waals surface area contributed by atoms with Gasteiger partial charge in [-0.15, -0.1) is 13.2 Å². The van der Waals surface area contributed by atoms with Crippen molar-refractivity contribution in [2.24, 2.45) is 0 Å². The zero-order chi connectivity index (χ0) is 12.7. The predicted octanol–water partition coefficient (Wildman–Crippen LogP) is 3.37. The van der Waals surface area contributed by atoms with Crippen molar-refractivity contribution in [2.75, 3.05) is 18.4 Å². The topological polar surface area (TPSA) is 15.3 Å². The molecular weight excluding hydrogens is 228 g/mol. The standard InChI is InChI=1S/C14H18N2S/c1-4-10-16(11-5-2)14(17)15-13-9-7-6-8-12(13)3/h4-9H,1-2,10-11H2,3H3,(H,15,17). The monoisotopic (exact) mass is 246 g/mol. The van der Waals surface area contributed by atoms with E-state index in [-0.39, 0.29) is 0 Å². The summed E-state index contributed by atoms with van der Waals surface area (Å²) in [5.41, 5.74) is 2.21. The van der Waals surface area contributed by atoms with Crippen LogP contribution >= 0.6 is 12.2 Å². The van der Waals surface area contributed by atoms with Crippen LogP contribution in [0.15, 0.2) is 49.6 Å². The number of thiocarbonyl (C=S) groups is 1. The second kappa shape index (κ2) is 6.86. The summed E-state index contributed by atoms with van der Waals surface area (Å²) in [5.74, 6) is 0. The van der Waals surface area contributed by atoms with Crippen LogP contribution in [0.4, 0.5) is 5.69 Å². The second-order valence-electron chi connectivity index (χ2n) is 3.73. The molecule has 1 aromatic rings. The normalized spacial score (nSPS) is 9.47. The lowest BCUT2D eigenvalue weighted by Crippen LogP contribution is -2.35. The van der Waals surface area contributed by atoms with Gasteiger partial charge in [0.2, 0.25) is 0 Å². The molecule has 0 aliphatic heterocycles. The largest absolute Gasteiger partial charge is 0.342 e. The maximum atomic E-state index is 5.37. The lowest BCUT2D eigenvalue weighted by atomic mass is 10.2. The Morgan fingerprint density at radius 3 is 2.41 bits per heavy atom. The molecule has 0 aliphatic rings. The molecule has 0 saturated carbocycles. The van der Waals surface area contributed by atoms with Crippen LogP contribution in [0, 0.1) is 6.92 Å². The van der Waals surface area contributed by atoms with Crippen LogP contribution in [0.2, 0.25) is 0 Å². The zero-order valence-electron chi connectivity index (χ0n) is 10.1. The summed E-state index contributed by atoms with van der Waals surface area (Å²) in [6.45, 7) is 10.9. The molecule has 0 aromatic heterocycles. The molecule has 0 radical (unpaired) electrons. The Morgan fingerprint density at radius 1 is 1.29 bits per heavy atom. The number of hydrogen-bond acceptors (Lipinski definition) is 1. The fraction of sp³-hybridized carbons (Fsp3) is 0.214. The van der Waals surface area contributed by atoms with Crippen molar-refractivity contribution in [1.82, 2.24) is 4.90 Å². The van der Waals surface area contributed by atoms with Crippen LogP contribution in [0.3, 0.4) is 0 Å². The summed E-state index contributed by atoms with van der Waals surface area (Å²) < 4.78 is 0. The number of anilines is 1. The first-order valence-electron chi connectivity index (χ1n) is 5.52. The van der Waals surface area contributed by atoms with Crippen molar-refractivity contribution in [3.63, 3.8) is 0 Å². The smallest absolute Gasteiger partial charge is 0.173 e. The number of nitrogens with zero attached hydrogens (tertiary/aromatic N) is 1. The van der Waals surface area contributed by atoms with Crippen molar-refractivity contribution in [2.45, 2.75) is 6.92 Å². The van der Waals surface area contributed by atoms with E-state index in [1.54, 1.807) is 0 Å². The highest BCUT2D eigenvalue weighted by atomic mass is 32.1. The van der Waals surface area contributed by atoms with E-state index in [1.807, 2.05) is 35.3 Å². The molecule has 1 aromatic carbocycles. The number of rotatable bonds is 5. The first-order valence-corrected chi connectivity index (χ1v) is 5.93. The number of nitrogens with one attached hydrogen (secondary N) is 1. The van der Waals surface area contributed by atoms with Gasteiger partial charge in [0, 0.05) is 18.8 Å². The number of aryl methyl sites for hydroxylation is 1. The number of hydrogen-bond donors (Lipinski definition) is 1. The fourth-order valence-corrected chi connectivity index (χ4v) is 1.72. The van der Waals surface area contributed by atoms with Crippen LogP contribution in [-0.2, 0) is 0 Å². The third kappa shape index (κ3) is 4.04. The molecule has 90 valence electrons. The summed E-state index contributed by atoms with van der Waals surface area (Å²) in [6, 6.07) is 8.07. The summed E-state index contributed by atoms with van der Waals surface area (Å²) in [4.78, 5) is 2.00. The number of benzene rings is 1. The van der Waals surface area contributed by atoms with E-state index in [4.69, 9.17) is 12.2 Å². The molecule has 0 unspecified atom stereocenters. The van der Waals surface area contributed by atoms with Crippen LogP contribution in [-0.4, -0.2) is 23.1 Å². The Balaban J connectivity index is 2.72. The second-order valence-corrected chi connectivity index (χ2v) is 4.11. The quantitative estimate of drug-likeness (QED) is 0.633. The van der Waals surface area contributed by atoms with Gasteiger partial charge in [-0.2, -0.15) is 0 Å². The Kier molecular flexibility index (Phi) is 5.43. The van der Waals surface area contributed by atoms with Gasteiger partial charge in [0.25, 0.3) is 0 Å². The molecule has 1 N–H and O–H groups in total. The van der Waals surface area contributed by atoms with Crippen molar-refractivity contribution < 1.29 is 0 Å². The Bertz CT molecular complexity index is 402. The first kappa shape index (κ1) is 13.5. The zero-order valence-corrected chi connectivity index (χ0v) is 11.0. The maximum absolute atomic E-state index is 5.37. The van der Waals surface area contributed by atoms with E-state index in [2.05, 4.69) is 31.5 Å². The van der Waals surface area contributed by atoms with Crippen molar-refractivity contribution in [3.05, 3.63) is 55.1 Å². The van der Waals surface area contributed by atoms with Gasteiger partial charge < -0.3 is 10.2 Å². The average Bonchev–Trinajstić information content (AvgIpc) is 2.32. The molecule has 0 fully saturated rings. The Labute approximate surface area is 109 Å². The van der Waals surface area contributed by atoms with Crippen molar-refractivity contribution in [3.8, 4) is 0 Å². The molecule has 1 rings (SSSR count). The van der Waals surface area contributed by atoms with Gasteiger partial charge in [-0.05, 0) is 30.8 Å². The fourth-order valence-electron chi connectivity index (χ4n) is 1.46. The molecule has 3 heteroatoms. The number of para-hydroxylation sites is 1. The lowest BCUT2D eigenvalue weighted by molar-refractivity contribution is 0.522. The molecule has 0 saturated heterocycles. The minimum atomic E-state index is 0.694. The highest BCUT2D eigenvalue weighted by Gasteiger charge is 2.07. The van der Waals surface area contributed by atoms with Crippen LogP contribution < -0.4 is 5.32 Å². The summed E-state index contributed by atoms with van der Waals surface area (Å²) in [5, 5.41) is 3.94. The van der Waals surface area contributed by atoms with Gasteiger partial charge in [0.15, 0.2) is 5.11 Å². The van der Waals surface area contributed by atoms with E-state index in [1.165, 1.54) is 5.56 Å². The lowest BCUT2D eigenvalue weighted by Gasteiger charge is -2.23. The molecule has 0 atom stereocenters. The molecule has 0 aliphatic carbocycles. The average molecular weight is 246 g/mol. The van der Waals surface area contributed by atoms with Crippen LogP contribution in [0.25, 0.3) is 0 Å². The highest BCUT2D eigenvalue weighted by molar-refractivity contribution is 7.80. The van der Waals surface area contributed by atoms with E-state index in [0.29, 0.717) is 18.2 Å². The minimum Gasteiger partial charge on any atom is -0.342 e. The Hall–Kier alpha value is -1.61. The SMILES string of the molecule is C=CCN(CC=C)C(=S)Nc1ccccc1C. The van der Waals surface area contributed by atoms with Gasteiger partial charge in [0.1, 0.15) is 0 Å². The third-order valence-electron chi connectivity index (χ3n) is 2.37. The summed E-state index contributed by atoms with van der Waals surface area (Å²) in [6.07, 6.45) is 3.66. The minimum absolute atomic E-state index is 0.694. The molecule has 0 heterocycles. The van der Waals surface area contributed by atoms with Gasteiger partial charge in [-0.25, -0.2) is 0 Å². The third-order valence-corrected chi connectivity index (χ3v) is 2.73. The summed E-state index contributed by atoms with van der Waals surface area (Å²) >= 11 is 5.37. The molecule has 2 nitrogen and oxygen atoms in total. The predicted molar refractivity (Wildman–Crippen MR) is 79.4 cm³/mol. The van der Waals surface area contributed by atoms with E-state index in [0.717, 1.165) is 5.69 Å². The van der Waals surface area contributed by atoms with Crippen molar-refractivity contribution >= 4 is 23.0 Å². The summed E-state index contributed by atoms with van der Waals surface area (Å²) in [7, 11) is 0. The molecule has 0 amide bonds. The van der Waals surface area contributed by atoms with Gasteiger partial charge in [-0.1, -0.05) is 30.4 Å². The van der Waals surface area contributed by atoms with E-state index in [9.17, 15) is 0 Å². The highest BCUT2D eigenvalue weighted by Crippen LogP contribution is 2.13. The Morgan fingerprint density at radius 2 is 1.88 bits per heavy atom. The van der Waals surface area contributed by atoms with Crippen molar-refractivity contribution in [1.29, 1.82) is 0 Å². The van der Waals surface area contributed by atoms with Crippen LogP contribution in [0.5, 0.6) is 0 Å². The molecule has 0 spiro atoms. The molecular formula is C14H18N2S. The van der Waals surface area contributed by atoms with E-state index < -0.39 is 0 Å². The van der Waals surface area contributed by atoms with E-state index >= 15 is 0 Å². The molecule has 0 bridgehead atoms. The first-order chi connectivity index (χ1) is 8.19. The maximum Gasteiger partial charge on any atom is 0.173 e. The van der Waals surface area contributed by atoms with Crippen LogP contribution in [0.1, 0.15) is 5.56 Å². The molecule has 17 heavy (non-hydrogen) atoms. The van der Waals surface area contributed by atoms with Gasteiger partial charge >= 0.3 is 0 Å². The van der Waals surface area contributed by atoms with Gasteiger partial charge in [0.05, 0.1) is 0 Å².